The summed E-state index contributed by atoms with van der Waals surface area (Å²) >= 11 is 7.01. The quantitative estimate of drug-likeness (QED) is 0.143. The van der Waals surface area contributed by atoms with Gasteiger partial charge in [-0.15, -0.1) is 0 Å². The van der Waals surface area contributed by atoms with Crippen molar-refractivity contribution in [2.24, 2.45) is 10.2 Å². The molecule has 0 saturated heterocycles. The lowest BCUT2D eigenvalue weighted by Crippen LogP contribution is -2.32. The minimum Gasteiger partial charge on any atom is -0.321 e. The smallest absolute Gasteiger partial charge is 0.261 e. The van der Waals surface area contributed by atoms with Gasteiger partial charge in [0, 0.05) is 31.8 Å². The number of carbonyl (C=O) groups is 1. The molecule has 9 heteroatoms. The molecule has 6 rings (SSSR count). The van der Waals surface area contributed by atoms with Gasteiger partial charge < -0.3 is 4.98 Å². The number of pyridine rings is 1. The summed E-state index contributed by atoms with van der Waals surface area (Å²) < 4.78 is 1.87. The number of nitrogens with one attached hydrogen (secondary N) is 2. The number of aromatic nitrogens is 1. The normalized spacial score (nSPS) is 14.9. The Hall–Kier alpha value is -4.34. The number of nitrogens with zero attached hydrogens (tertiary/aromatic N) is 3. The Morgan fingerprint density at radius 1 is 0.929 bits per heavy atom. The second-order valence-electron chi connectivity index (χ2n) is 9.88. The molecule has 0 spiro atoms. The first-order valence-electron chi connectivity index (χ1n) is 13.3. The molecule has 0 saturated carbocycles. The summed E-state index contributed by atoms with van der Waals surface area (Å²) in [4.78, 5) is 29.8. The van der Waals surface area contributed by atoms with Crippen LogP contribution in [-0.4, -0.2) is 34.4 Å². The van der Waals surface area contributed by atoms with E-state index in [2.05, 4.69) is 47.4 Å². The number of amides is 1. The van der Waals surface area contributed by atoms with Gasteiger partial charge in [-0.3, -0.25) is 14.6 Å². The van der Waals surface area contributed by atoms with Gasteiger partial charge in [-0.2, -0.15) is 10.2 Å². The van der Waals surface area contributed by atoms with Crippen LogP contribution in [0.25, 0.3) is 22.0 Å². The van der Waals surface area contributed by atoms with Crippen molar-refractivity contribution in [3.8, 4) is 11.1 Å². The fraction of sp³-hybridized carbons (Fsp3) is 0.0909. The number of fused-ring (bicyclic) bond motifs is 1. The van der Waals surface area contributed by atoms with E-state index in [4.69, 9.17) is 5.10 Å². The van der Waals surface area contributed by atoms with Crippen molar-refractivity contribution < 1.29 is 4.79 Å². The van der Waals surface area contributed by atoms with Crippen molar-refractivity contribution in [1.29, 1.82) is 0 Å². The molecule has 1 aromatic heterocycles. The molecule has 1 aliphatic rings. The number of carbonyl (C=O) groups excluding carboxylic acids is 1. The highest BCUT2D eigenvalue weighted by Crippen LogP contribution is 2.37. The first kappa shape index (κ1) is 27.8. The minimum atomic E-state index is -0.311. The molecule has 0 aliphatic carbocycles. The van der Waals surface area contributed by atoms with Crippen molar-refractivity contribution in [3.63, 3.8) is 0 Å². The van der Waals surface area contributed by atoms with Gasteiger partial charge in [0.25, 0.3) is 11.5 Å². The Balaban J connectivity index is 1.38. The predicted octanol–water partition coefficient (Wildman–Crippen LogP) is 7.02. The van der Waals surface area contributed by atoms with Crippen molar-refractivity contribution >= 4 is 60.6 Å². The van der Waals surface area contributed by atoms with E-state index in [-0.39, 0.29) is 24.1 Å². The predicted molar refractivity (Wildman–Crippen MR) is 175 cm³/mol. The lowest BCUT2D eigenvalue weighted by Gasteiger charge is -2.22. The fourth-order valence-corrected chi connectivity index (χ4v) is 5.80. The van der Waals surface area contributed by atoms with Crippen LogP contribution in [0.2, 0.25) is 0 Å². The molecular weight excluding hydrogens is 658 g/mol. The highest BCUT2D eigenvalue weighted by molar-refractivity contribution is 9.10. The van der Waals surface area contributed by atoms with Crippen molar-refractivity contribution in [2.75, 3.05) is 6.54 Å². The van der Waals surface area contributed by atoms with Crippen LogP contribution in [-0.2, 0) is 4.79 Å². The molecule has 4 aromatic carbocycles. The van der Waals surface area contributed by atoms with Crippen LogP contribution in [0.1, 0.15) is 29.2 Å². The van der Waals surface area contributed by atoms with Crippen LogP contribution in [0.4, 0.5) is 0 Å². The van der Waals surface area contributed by atoms with Crippen LogP contribution in [0.15, 0.2) is 127 Å². The Morgan fingerprint density at radius 3 is 2.36 bits per heavy atom. The van der Waals surface area contributed by atoms with Gasteiger partial charge in [0.2, 0.25) is 0 Å². The lowest BCUT2D eigenvalue weighted by molar-refractivity contribution is -0.122. The molecule has 1 amide bonds. The van der Waals surface area contributed by atoms with E-state index in [1.165, 1.54) is 0 Å². The summed E-state index contributed by atoms with van der Waals surface area (Å²) in [6.07, 6.45) is 2.05. The number of hydrogen-bond donors (Lipinski definition) is 2. The van der Waals surface area contributed by atoms with E-state index >= 15 is 0 Å². The highest BCUT2D eigenvalue weighted by atomic mass is 79.9. The summed E-state index contributed by atoms with van der Waals surface area (Å²) in [6, 6.07) is 32.9. The van der Waals surface area contributed by atoms with Crippen molar-refractivity contribution in [3.05, 3.63) is 139 Å². The largest absolute Gasteiger partial charge is 0.321 e. The van der Waals surface area contributed by atoms with E-state index in [1.54, 1.807) is 11.2 Å². The van der Waals surface area contributed by atoms with Gasteiger partial charge in [-0.05, 0) is 47.0 Å². The van der Waals surface area contributed by atoms with Gasteiger partial charge in [-0.1, -0.05) is 105 Å². The van der Waals surface area contributed by atoms with Crippen LogP contribution in [0.5, 0.6) is 0 Å². The third kappa shape index (κ3) is 5.98. The molecule has 1 atom stereocenters. The minimum absolute atomic E-state index is 0.0293. The highest BCUT2D eigenvalue weighted by Gasteiger charge is 2.33. The molecule has 0 fully saturated rings. The van der Waals surface area contributed by atoms with Crippen molar-refractivity contribution in [2.45, 2.75) is 12.5 Å². The number of hydrogen-bond acceptors (Lipinski definition) is 5. The standard InChI is InChI=1S/C33H25Br2N5O2/c34-24-13-11-21(12-14-24)19-36-38-30(41)20-40-29(22-7-3-1-4-8-22)18-28(39-40)32-31(23-9-5-2-6-10-23)26-17-25(35)15-16-27(26)37-33(32)42/h1-17,19,29H,18,20H2,(H,37,42)(H,38,41)/b36-19+. The van der Waals surface area contributed by atoms with E-state index in [9.17, 15) is 9.59 Å². The Kier molecular flexibility index (Phi) is 8.12. The van der Waals surface area contributed by atoms with Crippen LogP contribution in [0.3, 0.4) is 0 Å². The second kappa shape index (κ2) is 12.3. The molecule has 2 N–H and O–H groups in total. The fourth-order valence-electron chi connectivity index (χ4n) is 5.17. The van der Waals surface area contributed by atoms with Gasteiger partial charge in [0.15, 0.2) is 0 Å². The molecule has 1 aliphatic heterocycles. The topological polar surface area (TPSA) is 89.9 Å². The number of aromatic amines is 1. The maximum atomic E-state index is 13.7. The number of H-pyrrole nitrogens is 1. The second-order valence-corrected chi connectivity index (χ2v) is 11.7. The monoisotopic (exact) mass is 681 g/mol. The van der Waals surface area contributed by atoms with Gasteiger partial charge in [0.1, 0.15) is 6.54 Å². The zero-order chi connectivity index (χ0) is 29.1. The van der Waals surface area contributed by atoms with E-state index in [0.717, 1.165) is 42.1 Å². The van der Waals surface area contributed by atoms with Crippen molar-refractivity contribution in [1.82, 2.24) is 15.4 Å². The van der Waals surface area contributed by atoms with Crippen LogP contribution in [0, 0.1) is 0 Å². The first-order valence-corrected chi connectivity index (χ1v) is 14.9. The Morgan fingerprint density at radius 2 is 1.62 bits per heavy atom. The molecule has 0 radical (unpaired) electrons. The Bertz CT molecular complexity index is 1870. The average Bonchev–Trinajstić information content (AvgIpc) is 3.41. The lowest BCUT2D eigenvalue weighted by atomic mass is 9.91. The van der Waals surface area contributed by atoms with Crippen LogP contribution < -0.4 is 11.0 Å². The molecule has 7 nitrogen and oxygen atoms in total. The van der Waals surface area contributed by atoms with E-state index < -0.39 is 0 Å². The summed E-state index contributed by atoms with van der Waals surface area (Å²) in [5, 5.41) is 11.7. The van der Waals surface area contributed by atoms with E-state index in [0.29, 0.717) is 17.7 Å². The molecule has 0 bridgehead atoms. The molecule has 1 unspecified atom stereocenters. The SMILES string of the molecule is O=C(CN1N=C(c2c(-c3ccccc3)c3cc(Br)ccc3[nH]c2=O)CC1c1ccccc1)N/N=C/c1ccc(Br)cc1. The maximum Gasteiger partial charge on any atom is 0.261 e. The third-order valence-electron chi connectivity index (χ3n) is 7.09. The van der Waals surface area contributed by atoms with E-state index in [1.807, 2.05) is 103 Å². The summed E-state index contributed by atoms with van der Waals surface area (Å²) in [5.74, 6) is -0.311. The van der Waals surface area contributed by atoms with Gasteiger partial charge in [0.05, 0.1) is 23.5 Å². The number of rotatable bonds is 7. The summed E-state index contributed by atoms with van der Waals surface area (Å²) in [7, 11) is 0. The number of halogens is 2. The first-order chi connectivity index (χ1) is 20.5. The zero-order valence-corrected chi connectivity index (χ0v) is 25.5. The molecule has 42 heavy (non-hydrogen) atoms. The summed E-state index contributed by atoms with van der Waals surface area (Å²) in [5.41, 5.74) is 7.85. The zero-order valence-electron chi connectivity index (χ0n) is 22.3. The molecule has 2 heterocycles. The van der Waals surface area contributed by atoms with Gasteiger partial charge in [-0.25, -0.2) is 5.43 Å². The third-order valence-corrected chi connectivity index (χ3v) is 8.11. The molecule has 5 aromatic rings. The summed E-state index contributed by atoms with van der Waals surface area (Å²) in [6.45, 7) is -0.0293. The number of hydrazone groups is 2. The Labute approximate surface area is 259 Å². The molecule has 208 valence electrons. The van der Waals surface area contributed by atoms with Gasteiger partial charge >= 0.3 is 0 Å². The average molecular weight is 683 g/mol. The molecular formula is C33H25Br2N5O2. The maximum absolute atomic E-state index is 13.7. The van der Waals surface area contributed by atoms with Crippen LogP contribution >= 0.6 is 31.9 Å². The number of benzene rings is 4.